The van der Waals surface area contributed by atoms with Gasteiger partial charge in [-0.15, -0.1) is 11.8 Å². The van der Waals surface area contributed by atoms with Gasteiger partial charge in [-0.25, -0.2) is 0 Å². The molecule has 4 fully saturated rings. The molecule has 1 saturated carbocycles. The molecule has 1 spiro atoms. The largest absolute Gasteiger partial charge is 0.380 e. The summed E-state index contributed by atoms with van der Waals surface area (Å²) < 4.78 is 0.368. The van der Waals surface area contributed by atoms with Gasteiger partial charge in [0.25, 0.3) is 11.8 Å². The van der Waals surface area contributed by atoms with Crippen LogP contribution in [0.15, 0.2) is 36.4 Å². The normalized spacial score (nSPS) is 32.5. The summed E-state index contributed by atoms with van der Waals surface area (Å²) in [6, 6.07) is 8.17. The summed E-state index contributed by atoms with van der Waals surface area (Å²) >= 11 is 2.26. The monoisotopic (exact) mass is 509 g/mol. The standard InChI is InChI=1S/C29H39N3O3S/c33-26(30-16-18-31(19-17-30)27(34)29(35)13-14-29)22-6-8-24(9-7-22)32-15-10-25-23(21-32)20-28(36-25)11-4-2-1-3-5-12-28/h4,6-9,11,23,25,35H,1-3,5,10,12-21H2/b11-4-. The number of hydrogen-bond donors (Lipinski definition) is 1. The highest BCUT2D eigenvalue weighted by molar-refractivity contribution is 8.01. The molecule has 6 rings (SSSR count). The first kappa shape index (κ1) is 24.4. The second kappa shape index (κ2) is 9.71. The summed E-state index contributed by atoms with van der Waals surface area (Å²) in [7, 11) is 0. The predicted octanol–water partition coefficient (Wildman–Crippen LogP) is 4.09. The van der Waals surface area contributed by atoms with Gasteiger partial charge in [0.2, 0.25) is 0 Å². The summed E-state index contributed by atoms with van der Waals surface area (Å²) in [5.41, 5.74) is 0.807. The molecule has 2 amide bonds. The maximum absolute atomic E-state index is 13.1. The van der Waals surface area contributed by atoms with Gasteiger partial charge in [0.15, 0.2) is 0 Å². The maximum Gasteiger partial charge on any atom is 0.254 e. The van der Waals surface area contributed by atoms with E-state index in [1.807, 2.05) is 17.0 Å². The molecule has 7 heteroatoms. The van der Waals surface area contributed by atoms with E-state index in [-0.39, 0.29) is 11.8 Å². The summed E-state index contributed by atoms with van der Waals surface area (Å²) in [5.74, 6) is 0.601. The Morgan fingerprint density at radius 2 is 1.67 bits per heavy atom. The summed E-state index contributed by atoms with van der Waals surface area (Å²) in [6.07, 6.45) is 15.3. The molecular weight excluding hydrogens is 470 g/mol. The first-order valence-corrected chi connectivity index (χ1v) is 14.8. The molecule has 6 nitrogen and oxygen atoms in total. The van der Waals surface area contributed by atoms with Crippen molar-refractivity contribution in [2.75, 3.05) is 44.2 Å². The average molecular weight is 510 g/mol. The van der Waals surface area contributed by atoms with Crippen molar-refractivity contribution >= 4 is 29.3 Å². The Balaban J connectivity index is 1.04. The number of fused-ring (bicyclic) bond motifs is 1. The van der Waals surface area contributed by atoms with Crippen LogP contribution in [0.3, 0.4) is 0 Å². The zero-order valence-corrected chi connectivity index (χ0v) is 22.1. The number of nitrogens with zero attached hydrogens (tertiary/aromatic N) is 3. The number of anilines is 1. The van der Waals surface area contributed by atoms with Crippen LogP contribution in [0.2, 0.25) is 0 Å². The molecule has 3 heterocycles. The summed E-state index contributed by atoms with van der Waals surface area (Å²) in [4.78, 5) is 31.5. The molecule has 194 valence electrons. The van der Waals surface area contributed by atoms with E-state index < -0.39 is 5.60 Å². The molecule has 36 heavy (non-hydrogen) atoms. The quantitative estimate of drug-likeness (QED) is 0.622. The number of thioether (sulfide) groups is 1. The van der Waals surface area contributed by atoms with Gasteiger partial charge in [-0.2, -0.15) is 0 Å². The van der Waals surface area contributed by atoms with Crippen LogP contribution in [0.4, 0.5) is 5.69 Å². The van der Waals surface area contributed by atoms with Gasteiger partial charge in [-0.1, -0.05) is 25.0 Å². The van der Waals surface area contributed by atoms with E-state index in [1.165, 1.54) is 50.6 Å². The van der Waals surface area contributed by atoms with E-state index in [0.29, 0.717) is 49.3 Å². The smallest absolute Gasteiger partial charge is 0.254 e. The fourth-order valence-corrected chi connectivity index (χ4v) is 8.59. The zero-order chi connectivity index (χ0) is 24.8. The molecule has 3 aliphatic heterocycles. The third kappa shape index (κ3) is 4.81. The third-order valence-electron chi connectivity index (χ3n) is 9.01. The van der Waals surface area contributed by atoms with Crippen molar-refractivity contribution in [3.63, 3.8) is 0 Å². The van der Waals surface area contributed by atoms with Crippen LogP contribution >= 0.6 is 11.8 Å². The van der Waals surface area contributed by atoms with E-state index >= 15 is 0 Å². The van der Waals surface area contributed by atoms with Gasteiger partial charge in [0.05, 0.1) is 0 Å². The van der Waals surface area contributed by atoms with Crippen molar-refractivity contribution < 1.29 is 14.7 Å². The fraction of sp³-hybridized carbons (Fsp3) is 0.655. The second-order valence-electron chi connectivity index (χ2n) is 11.6. The van der Waals surface area contributed by atoms with Crippen molar-refractivity contribution in [3.05, 3.63) is 42.0 Å². The minimum atomic E-state index is -1.12. The number of benzene rings is 1. The fourth-order valence-electron chi connectivity index (χ4n) is 6.64. The van der Waals surface area contributed by atoms with E-state index in [9.17, 15) is 14.7 Å². The SMILES string of the molecule is O=C(c1ccc(N2CCC3SC4(/C=C\CCCCC4)CC3C2)cc1)N1CCN(C(=O)C2(O)CC2)CC1. The van der Waals surface area contributed by atoms with Crippen molar-refractivity contribution in [3.8, 4) is 0 Å². The molecule has 0 radical (unpaired) electrons. The Labute approximate surface area is 219 Å². The van der Waals surface area contributed by atoms with E-state index in [4.69, 9.17) is 0 Å². The Kier molecular flexibility index (Phi) is 6.57. The first-order valence-electron chi connectivity index (χ1n) is 14.0. The van der Waals surface area contributed by atoms with Gasteiger partial charge < -0.3 is 19.8 Å². The second-order valence-corrected chi connectivity index (χ2v) is 13.2. The highest BCUT2D eigenvalue weighted by atomic mass is 32.2. The lowest BCUT2D eigenvalue weighted by atomic mass is 9.84. The van der Waals surface area contributed by atoms with Crippen molar-refractivity contribution in [2.24, 2.45) is 5.92 Å². The number of carbonyl (C=O) groups is 2. The lowest BCUT2D eigenvalue weighted by Crippen LogP contribution is -2.53. The van der Waals surface area contributed by atoms with Crippen molar-refractivity contribution in [2.45, 2.75) is 73.4 Å². The lowest BCUT2D eigenvalue weighted by Gasteiger charge is -2.36. The maximum atomic E-state index is 13.1. The molecule has 3 saturated heterocycles. The highest BCUT2D eigenvalue weighted by Gasteiger charge is 2.50. The molecular formula is C29H39N3O3S. The molecule has 1 aromatic carbocycles. The summed E-state index contributed by atoms with van der Waals surface area (Å²) in [5, 5.41) is 10.9. The van der Waals surface area contributed by atoms with Crippen LogP contribution in [0.5, 0.6) is 0 Å². The average Bonchev–Trinajstić information content (AvgIpc) is 3.54. The number of hydrogen-bond acceptors (Lipinski definition) is 5. The van der Waals surface area contributed by atoms with Crippen LogP contribution in [-0.4, -0.2) is 81.6 Å². The Morgan fingerprint density at radius 1 is 0.917 bits per heavy atom. The van der Waals surface area contributed by atoms with Crippen LogP contribution in [0.25, 0.3) is 0 Å². The lowest BCUT2D eigenvalue weighted by molar-refractivity contribution is -0.143. The summed E-state index contributed by atoms with van der Waals surface area (Å²) in [6.45, 7) is 4.23. The molecule has 0 bridgehead atoms. The van der Waals surface area contributed by atoms with Crippen LogP contribution < -0.4 is 4.90 Å². The number of carbonyl (C=O) groups excluding carboxylic acids is 2. The molecule has 3 atom stereocenters. The van der Waals surface area contributed by atoms with Gasteiger partial charge in [-0.3, -0.25) is 9.59 Å². The first-order chi connectivity index (χ1) is 17.4. The van der Waals surface area contributed by atoms with Gasteiger partial charge in [0, 0.05) is 60.5 Å². The van der Waals surface area contributed by atoms with E-state index in [1.54, 1.807) is 4.90 Å². The highest BCUT2D eigenvalue weighted by Crippen LogP contribution is 2.54. The van der Waals surface area contributed by atoms with Crippen LogP contribution in [0.1, 0.15) is 68.1 Å². The number of piperidine rings is 1. The van der Waals surface area contributed by atoms with Gasteiger partial charge in [0.1, 0.15) is 5.60 Å². The minimum Gasteiger partial charge on any atom is -0.380 e. The Morgan fingerprint density at radius 3 is 2.42 bits per heavy atom. The topological polar surface area (TPSA) is 64.1 Å². The number of amides is 2. The van der Waals surface area contributed by atoms with Crippen molar-refractivity contribution in [1.29, 1.82) is 0 Å². The number of allylic oxidation sites excluding steroid dienone is 1. The zero-order valence-electron chi connectivity index (χ0n) is 21.2. The number of piperazine rings is 1. The molecule has 1 aromatic rings. The van der Waals surface area contributed by atoms with Gasteiger partial charge >= 0.3 is 0 Å². The van der Waals surface area contributed by atoms with E-state index in [0.717, 1.165) is 24.3 Å². The van der Waals surface area contributed by atoms with Crippen LogP contribution in [0, 0.1) is 5.92 Å². The van der Waals surface area contributed by atoms with Gasteiger partial charge in [-0.05, 0) is 75.1 Å². The number of rotatable bonds is 3. The minimum absolute atomic E-state index is 0.0303. The molecule has 5 aliphatic rings. The Hall–Kier alpha value is -1.99. The number of aliphatic hydroxyl groups is 1. The Bertz CT molecular complexity index is 1020. The molecule has 2 aliphatic carbocycles. The molecule has 0 aromatic heterocycles. The van der Waals surface area contributed by atoms with Crippen molar-refractivity contribution in [1.82, 2.24) is 9.80 Å². The third-order valence-corrected chi connectivity index (χ3v) is 10.9. The molecule has 1 N–H and O–H groups in total. The van der Waals surface area contributed by atoms with E-state index in [2.05, 4.69) is 40.9 Å². The predicted molar refractivity (Wildman–Crippen MR) is 144 cm³/mol. The van der Waals surface area contributed by atoms with Crippen LogP contribution in [-0.2, 0) is 4.79 Å². The molecule has 3 unspecified atom stereocenters.